The fraction of sp³-hybridized carbons (Fsp3) is 0.273. The van der Waals surface area contributed by atoms with Crippen LogP contribution < -0.4 is 5.32 Å². The third-order valence-electron chi connectivity index (χ3n) is 1.79. The highest BCUT2D eigenvalue weighted by Crippen LogP contribution is 2.07. The molecule has 1 aromatic heterocycles. The van der Waals surface area contributed by atoms with Gasteiger partial charge >= 0.3 is 5.97 Å². The number of ether oxygens (including phenoxy) is 1. The molecule has 5 nitrogen and oxygen atoms in total. The van der Waals surface area contributed by atoms with Gasteiger partial charge in [0.1, 0.15) is 18.1 Å². The summed E-state index contributed by atoms with van der Waals surface area (Å²) in [5.74, 6) is 0.496. The molecule has 0 aromatic carbocycles. The van der Waals surface area contributed by atoms with E-state index < -0.39 is 5.97 Å². The van der Waals surface area contributed by atoms with Crippen LogP contribution >= 0.6 is 0 Å². The van der Waals surface area contributed by atoms with E-state index in [9.17, 15) is 9.59 Å². The highest BCUT2D eigenvalue weighted by molar-refractivity contribution is 5.93. The van der Waals surface area contributed by atoms with Gasteiger partial charge in [-0.15, -0.1) is 0 Å². The van der Waals surface area contributed by atoms with Crippen molar-refractivity contribution < 1.29 is 18.7 Å². The Bertz CT molecular complexity index is 406. The standard InChI is InChI=1S/C11H13NO4/c1-8-3-4-9(16-8)5-6-10(13)12-7-11(14)15-2/h3-6H,7H2,1-2H3,(H,12,13)/b6-5+. The average molecular weight is 223 g/mol. The lowest BCUT2D eigenvalue weighted by atomic mass is 10.4. The van der Waals surface area contributed by atoms with Gasteiger partial charge in [-0.1, -0.05) is 0 Å². The molecule has 1 heterocycles. The van der Waals surface area contributed by atoms with Crippen molar-refractivity contribution >= 4 is 18.0 Å². The normalized spacial score (nSPS) is 10.4. The van der Waals surface area contributed by atoms with Crippen LogP contribution in [0.1, 0.15) is 11.5 Å². The maximum Gasteiger partial charge on any atom is 0.325 e. The van der Waals surface area contributed by atoms with E-state index in [0.29, 0.717) is 5.76 Å². The molecule has 86 valence electrons. The number of methoxy groups -OCH3 is 1. The Morgan fingerprint density at radius 1 is 1.50 bits per heavy atom. The highest BCUT2D eigenvalue weighted by Gasteiger charge is 2.01. The fourth-order valence-corrected chi connectivity index (χ4v) is 0.991. The number of carbonyl (C=O) groups excluding carboxylic acids is 2. The number of amides is 1. The number of carbonyl (C=O) groups is 2. The zero-order chi connectivity index (χ0) is 12.0. The molecule has 0 saturated carbocycles. The monoisotopic (exact) mass is 223 g/mol. The van der Waals surface area contributed by atoms with Crippen LogP contribution in [0.5, 0.6) is 0 Å². The quantitative estimate of drug-likeness (QED) is 0.608. The number of esters is 1. The summed E-state index contributed by atoms with van der Waals surface area (Å²) in [5, 5.41) is 2.37. The van der Waals surface area contributed by atoms with Crippen molar-refractivity contribution in [1.29, 1.82) is 0 Å². The van der Waals surface area contributed by atoms with Crippen LogP contribution in [0.15, 0.2) is 22.6 Å². The second-order valence-electron chi connectivity index (χ2n) is 3.08. The molecule has 1 aromatic rings. The molecule has 5 heteroatoms. The van der Waals surface area contributed by atoms with E-state index in [1.165, 1.54) is 19.3 Å². The molecule has 0 atom stereocenters. The number of rotatable bonds is 4. The van der Waals surface area contributed by atoms with Gasteiger partial charge in [-0.3, -0.25) is 9.59 Å². The summed E-state index contributed by atoms with van der Waals surface area (Å²) in [6.45, 7) is 1.67. The molecule has 0 aliphatic heterocycles. The number of aryl methyl sites for hydroxylation is 1. The molecule has 0 spiro atoms. The van der Waals surface area contributed by atoms with Crippen molar-refractivity contribution in [1.82, 2.24) is 5.32 Å². The lowest BCUT2D eigenvalue weighted by Gasteiger charge is -1.98. The van der Waals surface area contributed by atoms with Gasteiger partial charge in [0.15, 0.2) is 0 Å². The van der Waals surface area contributed by atoms with Crippen molar-refractivity contribution in [3.05, 3.63) is 29.7 Å². The molecule has 0 fully saturated rings. The molecule has 0 radical (unpaired) electrons. The second kappa shape index (κ2) is 5.75. The SMILES string of the molecule is COC(=O)CNC(=O)/C=C/c1ccc(C)o1. The van der Waals surface area contributed by atoms with Crippen LogP contribution in [0.4, 0.5) is 0 Å². The van der Waals surface area contributed by atoms with Gasteiger partial charge in [-0.05, 0) is 25.1 Å². The number of hydrogen-bond donors (Lipinski definition) is 1. The fourth-order valence-electron chi connectivity index (χ4n) is 0.991. The molecule has 0 unspecified atom stereocenters. The van der Waals surface area contributed by atoms with Crippen molar-refractivity contribution in [2.45, 2.75) is 6.92 Å². The van der Waals surface area contributed by atoms with Crippen LogP contribution in [-0.4, -0.2) is 25.5 Å². The van der Waals surface area contributed by atoms with Gasteiger partial charge in [0, 0.05) is 6.08 Å². The highest BCUT2D eigenvalue weighted by atomic mass is 16.5. The molecular weight excluding hydrogens is 210 g/mol. The summed E-state index contributed by atoms with van der Waals surface area (Å²) in [5.41, 5.74) is 0. The summed E-state index contributed by atoms with van der Waals surface area (Å²) in [4.78, 5) is 21.9. The summed E-state index contributed by atoms with van der Waals surface area (Å²) >= 11 is 0. The first-order valence-electron chi connectivity index (χ1n) is 4.71. The first-order valence-corrected chi connectivity index (χ1v) is 4.71. The Morgan fingerprint density at radius 2 is 2.25 bits per heavy atom. The third kappa shape index (κ3) is 4.00. The van der Waals surface area contributed by atoms with Gasteiger partial charge in [-0.2, -0.15) is 0 Å². The molecule has 0 saturated heterocycles. The Morgan fingerprint density at radius 3 is 2.81 bits per heavy atom. The predicted octanol–water partition coefficient (Wildman–Crippen LogP) is 0.890. The number of nitrogens with one attached hydrogen (secondary N) is 1. The van der Waals surface area contributed by atoms with Crippen molar-refractivity contribution in [2.24, 2.45) is 0 Å². The van der Waals surface area contributed by atoms with E-state index in [0.717, 1.165) is 5.76 Å². The number of hydrogen-bond acceptors (Lipinski definition) is 4. The van der Waals surface area contributed by atoms with Gasteiger partial charge < -0.3 is 14.5 Å². The van der Waals surface area contributed by atoms with Crippen molar-refractivity contribution in [3.8, 4) is 0 Å². The lowest BCUT2D eigenvalue weighted by molar-refractivity contribution is -0.140. The summed E-state index contributed by atoms with van der Waals surface area (Å²) in [7, 11) is 1.26. The zero-order valence-electron chi connectivity index (χ0n) is 9.15. The van der Waals surface area contributed by atoms with E-state index in [2.05, 4.69) is 10.1 Å². The lowest BCUT2D eigenvalue weighted by Crippen LogP contribution is -2.28. The first-order chi connectivity index (χ1) is 7.61. The second-order valence-corrected chi connectivity index (χ2v) is 3.08. The predicted molar refractivity (Wildman–Crippen MR) is 57.5 cm³/mol. The first kappa shape index (κ1) is 12.0. The Hall–Kier alpha value is -2.04. The van der Waals surface area contributed by atoms with Crippen LogP contribution in [0.25, 0.3) is 6.08 Å². The smallest absolute Gasteiger partial charge is 0.325 e. The largest absolute Gasteiger partial charge is 0.468 e. The Kier molecular flexibility index (Phi) is 4.32. The van der Waals surface area contributed by atoms with Crippen LogP contribution in [-0.2, 0) is 14.3 Å². The summed E-state index contributed by atoms with van der Waals surface area (Å²) in [6.07, 6.45) is 2.82. The van der Waals surface area contributed by atoms with Crippen LogP contribution in [0.2, 0.25) is 0 Å². The van der Waals surface area contributed by atoms with E-state index in [1.54, 1.807) is 12.1 Å². The topological polar surface area (TPSA) is 68.5 Å². The van der Waals surface area contributed by atoms with E-state index >= 15 is 0 Å². The van der Waals surface area contributed by atoms with Gasteiger partial charge in [0.05, 0.1) is 7.11 Å². The zero-order valence-corrected chi connectivity index (χ0v) is 9.15. The average Bonchev–Trinajstić information content (AvgIpc) is 2.69. The van der Waals surface area contributed by atoms with Crippen molar-refractivity contribution in [2.75, 3.05) is 13.7 Å². The number of furan rings is 1. The molecular formula is C11H13NO4. The van der Waals surface area contributed by atoms with Crippen LogP contribution in [0.3, 0.4) is 0 Å². The molecule has 1 rings (SSSR count). The van der Waals surface area contributed by atoms with Crippen molar-refractivity contribution in [3.63, 3.8) is 0 Å². The molecule has 0 bridgehead atoms. The maximum atomic E-state index is 11.2. The van der Waals surface area contributed by atoms with E-state index in [4.69, 9.17) is 4.42 Å². The maximum absolute atomic E-state index is 11.2. The molecule has 0 aliphatic carbocycles. The minimum absolute atomic E-state index is 0.142. The van der Waals surface area contributed by atoms with Gasteiger partial charge in [0.25, 0.3) is 0 Å². The van der Waals surface area contributed by atoms with Gasteiger partial charge in [0.2, 0.25) is 5.91 Å². The van der Waals surface area contributed by atoms with Gasteiger partial charge in [-0.25, -0.2) is 0 Å². The molecule has 0 aliphatic rings. The van der Waals surface area contributed by atoms with E-state index in [-0.39, 0.29) is 12.5 Å². The Labute approximate surface area is 93.1 Å². The summed E-state index contributed by atoms with van der Waals surface area (Å²) < 4.78 is 9.59. The molecule has 16 heavy (non-hydrogen) atoms. The third-order valence-corrected chi connectivity index (χ3v) is 1.79. The Balaban J connectivity index is 2.39. The minimum Gasteiger partial charge on any atom is -0.468 e. The summed E-state index contributed by atoms with van der Waals surface area (Å²) in [6, 6.07) is 3.55. The molecule has 1 amide bonds. The minimum atomic E-state index is -0.490. The van der Waals surface area contributed by atoms with E-state index in [1.807, 2.05) is 6.92 Å². The van der Waals surface area contributed by atoms with Crippen LogP contribution in [0, 0.1) is 6.92 Å². The molecule has 1 N–H and O–H groups in total.